The van der Waals surface area contributed by atoms with Gasteiger partial charge in [-0.2, -0.15) is 5.10 Å². The van der Waals surface area contributed by atoms with E-state index in [1.54, 1.807) is 11.3 Å². The number of aryl methyl sites for hydroxylation is 2. The van der Waals surface area contributed by atoms with E-state index >= 15 is 0 Å². The van der Waals surface area contributed by atoms with Gasteiger partial charge in [-0.1, -0.05) is 6.92 Å². The van der Waals surface area contributed by atoms with E-state index in [0.29, 0.717) is 6.04 Å². The van der Waals surface area contributed by atoms with E-state index in [1.165, 1.54) is 15.0 Å². The summed E-state index contributed by atoms with van der Waals surface area (Å²) in [5.74, 6) is 0. The molecular weight excluding hydrogens is 310 g/mol. The highest BCUT2D eigenvalue weighted by Crippen LogP contribution is 2.25. The molecule has 0 saturated carbocycles. The summed E-state index contributed by atoms with van der Waals surface area (Å²) in [5, 5.41) is 10.1. The van der Waals surface area contributed by atoms with Crippen molar-refractivity contribution in [3.05, 3.63) is 38.3 Å². The number of halogens is 1. The molecule has 2 heterocycles. The van der Waals surface area contributed by atoms with Crippen LogP contribution < -0.4 is 5.32 Å². The summed E-state index contributed by atoms with van der Waals surface area (Å²) in [6.45, 7) is 5.14. The van der Waals surface area contributed by atoms with Gasteiger partial charge in [-0.25, -0.2) is 0 Å². The Morgan fingerprint density at radius 2 is 2.28 bits per heavy atom. The van der Waals surface area contributed by atoms with Crippen molar-refractivity contribution in [1.29, 1.82) is 0 Å². The van der Waals surface area contributed by atoms with Gasteiger partial charge in [0, 0.05) is 28.2 Å². The number of hydrogen-bond acceptors (Lipinski definition) is 3. The van der Waals surface area contributed by atoms with Crippen molar-refractivity contribution >= 4 is 27.3 Å². The van der Waals surface area contributed by atoms with Crippen LogP contribution in [0.3, 0.4) is 0 Å². The molecule has 3 nitrogen and oxygen atoms in total. The molecule has 0 spiro atoms. The van der Waals surface area contributed by atoms with Crippen LogP contribution in [0.5, 0.6) is 0 Å². The zero-order valence-electron chi connectivity index (χ0n) is 10.9. The van der Waals surface area contributed by atoms with Gasteiger partial charge in [0.2, 0.25) is 0 Å². The zero-order chi connectivity index (χ0) is 13.1. The minimum Gasteiger partial charge on any atom is -0.309 e. The van der Waals surface area contributed by atoms with Gasteiger partial charge in [-0.3, -0.25) is 4.68 Å². The lowest BCUT2D eigenvalue weighted by atomic mass is 10.1. The maximum atomic E-state index is 4.43. The SMILES string of the molecule is CCNC(Cc1cc(Br)cs1)c1cc(C)nn1C. The summed E-state index contributed by atoms with van der Waals surface area (Å²) >= 11 is 5.30. The lowest BCUT2D eigenvalue weighted by molar-refractivity contribution is 0.510. The van der Waals surface area contributed by atoms with Crippen molar-refractivity contribution < 1.29 is 0 Å². The number of nitrogens with one attached hydrogen (secondary N) is 1. The van der Waals surface area contributed by atoms with Crippen LogP contribution in [0.15, 0.2) is 22.0 Å². The third-order valence-corrected chi connectivity index (χ3v) is 4.59. The molecule has 0 fully saturated rings. The van der Waals surface area contributed by atoms with E-state index in [-0.39, 0.29) is 0 Å². The highest BCUT2D eigenvalue weighted by atomic mass is 79.9. The summed E-state index contributed by atoms with van der Waals surface area (Å²) in [6, 6.07) is 4.68. The van der Waals surface area contributed by atoms with Gasteiger partial charge in [-0.05, 0) is 41.5 Å². The lowest BCUT2D eigenvalue weighted by Crippen LogP contribution is -2.24. The zero-order valence-corrected chi connectivity index (χ0v) is 13.3. The van der Waals surface area contributed by atoms with Crippen molar-refractivity contribution in [1.82, 2.24) is 15.1 Å². The summed E-state index contributed by atoms with van der Waals surface area (Å²) in [5.41, 5.74) is 2.32. The monoisotopic (exact) mass is 327 g/mol. The van der Waals surface area contributed by atoms with Crippen molar-refractivity contribution in [2.24, 2.45) is 7.05 Å². The van der Waals surface area contributed by atoms with Gasteiger partial charge in [0.05, 0.1) is 17.4 Å². The van der Waals surface area contributed by atoms with Crippen LogP contribution in [0.25, 0.3) is 0 Å². The second-order valence-corrected chi connectivity index (χ2v) is 6.29. The van der Waals surface area contributed by atoms with E-state index in [2.05, 4.69) is 50.8 Å². The van der Waals surface area contributed by atoms with Crippen LogP contribution in [-0.2, 0) is 13.5 Å². The molecule has 2 aromatic heterocycles. The first-order valence-electron chi connectivity index (χ1n) is 6.07. The van der Waals surface area contributed by atoms with Crippen molar-refractivity contribution in [2.45, 2.75) is 26.3 Å². The predicted molar refractivity (Wildman–Crippen MR) is 80.1 cm³/mol. The highest BCUT2D eigenvalue weighted by molar-refractivity contribution is 9.10. The van der Waals surface area contributed by atoms with Gasteiger partial charge < -0.3 is 5.32 Å². The minimum absolute atomic E-state index is 0.326. The summed E-state index contributed by atoms with van der Waals surface area (Å²) in [7, 11) is 2.01. The molecule has 0 saturated heterocycles. The number of thiophene rings is 1. The van der Waals surface area contributed by atoms with E-state index in [9.17, 15) is 0 Å². The van der Waals surface area contributed by atoms with Crippen LogP contribution in [0.2, 0.25) is 0 Å². The van der Waals surface area contributed by atoms with E-state index < -0.39 is 0 Å². The molecular formula is C13H18BrN3S. The van der Waals surface area contributed by atoms with Crippen LogP contribution in [0, 0.1) is 6.92 Å². The number of nitrogens with zero attached hydrogens (tertiary/aromatic N) is 2. The van der Waals surface area contributed by atoms with Crippen molar-refractivity contribution in [3.63, 3.8) is 0 Å². The third-order valence-electron chi connectivity index (χ3n) is 2.87. The number of rotatable bonds is 5. The van der Waals surface area contributed by atoms with E-state index in [1.807, 2.05) is 18.7 Å². The van der Waals surface area contributed by atoms with Crippen LogP contribution in [0.4, 0.5) is 0 Å². The first-order chi connectivity index (χ1) is 8.60. The van der Waals surface area contributed by atoms with E-state index in [4.69, 9.17) is 0 Å². The quantitative estimate of drug-likeness (QED) is 0.911. The lowest BCUT2D eigenvalue weighted by Gasteiger charge is -2.17. The van der Waals surface area contributed by atoms with E-state index in [0.717, 1.165) is 18.7 Å². The molecule has 1 unspecified atom stereocenters. The van der Waals surface area contributed by atoms with Gasteiger partial charge >= 0.3 is 0 Å². The summed E-state index contributed by atoms with van der Waals surface area (Å²) in [4.78, 5) is 1.38. The van der Waals surface area contributed by atoms with Gasteiger partial charge in [0.1, 0.15) is 0 Å². The Labute approximate surface area is 120 Å². The van der Waals surface area contributed by atoms with Crippen LogP contribution in [0.1, 0.15) is 29.2 Å². The molecule has 98 valence electrons. The van der Waals surface area contributed by atoms with Gasteiger partial charge in [0.25, 0.3) is 0 Å². The highest BCUT2D eigenvalue weighted by Gasteiger charge is 2.16. The Morgan fingerprint density at radius 1 is 1.50 bits per heavy atom. The van der Waals surface area contributed by atoms with Crippen LogP contribution in [-0.4, -0.2) is 16.3 Å². The first kappa shape index (κ1) is 13.8. The number of hydrogen-bond donors (Lipinski definition) is 1. The second kappa shape index (κ2) is 5.99. The largest absolute Gasteiger partial charge is 0.309 e. The van der Waals surface area contributed by atoms with Crippen molar-refractivity contribution in [3.8, 4) is 0 Å². The standard InChI is InChI=1S/C13H18BrN3S/c1-4-15-12(7-11-6-10(14)8-18-11)13-5-9(2)16-17(13)3/h5-6,8,12,15H,4,7H2,1-3H3. The Bertz CT molecular complexity index is 518. The molecule has 5 heteroatoms. The Kier molecular flexibility index (Phi) is 4.59. The normalized spacial score (nSPS) is 12.9. The molecule has 0 aromatic carbocycles. The van der Waals surface area contributed by atoms with Gasteiger partial charge in [0.15, 0.2) is 0 Å². The predicted octanol–water partition coefficient (Wildman–Crippen LogP) is 3.45. The minimum atomic E-state index is 0.326. The molecule has 1 atom stereocenters. The fraction of sp³-hybridized carbons (Fsp3) is 0.462. The van der Waals surface area contributed by atoms with Gasteiger partial charge in [-0.15, -0.1) is 11.3 Å². The molecule has 0 aliphatic rings. The topological polar surface area (TPSA) is 29.9 Å². The molecule has 18 heavy (non-hydrogen) atoms. The second-order valence-electron chi connectivity index (χ2n) is 4.38. The molecule has 0 aliphatic carbocycles. The molecule has 0 amide bonds. The number of aromatic nitrogens is 2. The maximum absolute atomic E-state index is 4.43. The average molecular weight is 328 g/mol. The molecule has 2 rings (SSSR count). The maximum Gasteiger partial charge on any atom is 0.0597 e. The molecule has 1 N–H and O–H groups in total. The summed E-state index contributed by atoms with van der Waals surface area (Å²) in [6.07, 6.45) is 1.00. The molecule has 0 bridgehead atoms. The Morgan fingerprint density at radius 3 is 2.78 bits per heavy atom. The molecule has 2 aromatic rings. The molecule has 0 radical (unpaired) electrons. The third kappa shape index (κ3) is 3.22. The Hall–Kier alpha value is -0.650. The molecule has 0 aliphatic heterocycles. The van der Waals surface area contributed by atoms with Crippen LogP contribution >= 0.6 is 27.3 Å². The Balaban J connectivity index is 2.20. The smallest absolute Gasteiger partial charge is 0.0597 e. The fourth-order valence-electron chi connectivity index (χ4n) is 2.15. The van der Waals surface area contributed by atoms with Crippen molar-refractivity contribution in [2.75, 3.05) is 6.54 Å². The average Bonchev–Trinajstić information content (AvgIpc) is 2.84. The first-order valence-corrected chi connectivity index (χ1v) is 7.74. The summed E-state index contributed by atoms with van der Waals surface area (Å²) < 4.78 is 3.14. The number of likely N-dealkylation sites (N-methyl/N-ethyl adjacent to an activating group) is 1. The fourth-order valence-corrected chi connectivity index (χ4v) is 3.64.